The highest BCUT2D eigenvalue weighted by molar-refractivity contribution is 7.80. The fraction of sp³-hybridized carbons (Fsp3) is 0.263. The van der Waals surface area contributed by atoms with E-state index in [2.05, 4.69) is 23.5 Å². The van der Waals surface area contributed by atoms with E-state index in [1.54, 1.807) is 7.11 Å². The van der Waals surface area contributed by atoms with Crippen LogP contribution in [0.2, 0.25) is 0 Å². The van der Waals surface area contributed by atoms with E-state index in [-0.39, 0.29) is 5.92 Å². The number of fused-ring (bicyclic) bond motifs is 1. The van der Waals surface area contributed by atoms with E-state index in [9.17, 15) is 0 Å². The largest absolute Gasteiger partial charge is 0.496 e. The summed E-state index contributed by atoms with van der Waals surface area (Å²) in [4.78, 5) is 5.32. The molecule has 0 saturated carbocycles. The van der Waals surface area contributed by atoms with E-state index in [1.165, 1.54) is 0 Å². The van der Waals surface area contributed by atoms with Crippen LogP contribution in [0.3, 0.4) is 0 Å². The summed E-state index contributed by atoms with van der Waals surface area (Å²) < 4.78 is 7.50. The number of hydrogen-bond donors (Lipinski definition) is 1. The molecule has 0 aliphatic rings. The molecular formula is C19H21N3OS. The first-order chi connectivity index (χ1) is 11.4. The molecule has 2 aromatic heterocycles. The molecule has 2 N–H and O–H groups in total. The highest BCUT2D eigenvalue weighted by Gasteiger charge is 2.22. The minimum absolute atomic E-state index is 0.0755. The first-order valence-corrected chi connectivity index (χ1v) is 8.27. The molecule has 2 heterocycles. The molecule has 4 nitrogen and oxygen atoms in total. The van der Waals surface area contributed by atoms with Crippen LogP contribution in [0.15, 0.2) is 36.4 Å². The zero-order valence-corrected chi connectivity index (χ0v) is 15.1. The van der Waals surface area contributed by atoms with Crippen molar-refractivity contribution in [2.24, 2.45) is 5.73 Å². The van der Waals surface area contributed by atoms with Crippen molar-refractivity contribution in [3.8, 4) is 17.0 Å². The van der Waals surface area contributed by atoms with Crippen LogP contribution >= 0.6 is 12.2 Å². The van der Waals surface area contributed by atoms with Gasteiger partial charge < -0.3 is 10.5 Å². The number of aryl methyl sites for hydroxylation is 2. The van der Waals surface area contributed by atoms with Crippen molar-refractivity contribution in [1.82, 2.24) is 9.38 Å². The van der Waals surface area contributed by atoms with Crippen LogP contribution in [0.4, 0.5) is 0 Å². The van der Waals surface area contributed by atoms with Gasteiger partial charge in [-0.2, -0.15) is 0 Å². The van der Waals surface area contributed by atoms with Crippen molar-refractivity contribution in [3.63, 3.8) is 0 Å². The molecule has 5 heteroatoms. The predicted molar refractivity (Wildman–Crippen MR) is 102 cm³/mol. The smallest absolute Gasteiger partial charge is 0.137 e. The maximum absolute atomic E-state index is 5.96. The highest BCUT2D eigenvalue weighted by Crippen LogP contribution is 2.33. The van der Waals surface area contributed by atoms with Crippen LogP contribution in [-0.4, -0.2) is 21.5 Å². The third-order valence-corrected chi connectivity index (χ3v) is 4.73. The lowest BCUT2D eigenvalue weighted by molar-refractivity contribution is 0.412. The first-order valence-electron chi connectivity index (χ1n) is 7.86. The average molecular weight is 339 g/mol. The van der Waals surface area contributed by atoms with Gasteiger partial charge in [-0.25, -0.2) is 4.98 Å². The fourth-order valence-corrected chi connectivity index (χ4v) is 3.16. The Morgan fingerprint density at radius 2 is 2.00 bits per heavy atom. The quantitative estimate of drug-likeness (QED) is 0.730. The van der Waals surface area contributed by atoms with E-state index in [0.717, 1.165) is 39.6 Å². The van der Waals surface area contributed by atoms with Crippen LogP contribution in [-0.2, 0) is 0 Å². The minimum atomic E-state index is -0.0755. The Hall–Kier alpha value is -2.40. The summed E-state index contributed by atoms with van der Waals surface area (Å²) in [5, 5.41) is 0. The van der Waals surface area contributed by atoms with Gasteiger partial charge in [0.2, 0.25) is 0 Å². The van der Waals surface area contributed by atoms with Gasteiger partial charge in [0.15, 0.2) is 0 Å². The summed E-state index contributed by atoms with van der Waals surface area (Å²) in [5.41, 5.74) is 12.0. The Balaban J connectivity index is 2.31. The predicted octanol–water partition coefficient (Wildman–Crippen LogP) is 4.02. The number of methoxy groups -OCH3 is 1. The van der Waals surface area contributed by atoms with Gasteiger partial charge in [-0.1, -0.05) is 25.2 Å². The number of aromatic nitrogens is 2. The topological polar surface area (TPSA) is 52.5 Å². The number of rotatable bonds is 4. The maximum Gasteiger partial charge on any atom is 0.137 e. The summed E-state index contributed by atoms with van der Waals surface area (Å²) in [6.45, 7) is 6.12. The number of pyridine rings is 1. The van der Waals surface area contributed by atoms with Crippen LogP contribution in [0.25, 0.3) is 16.9 Å². The van der Waals surface area contributed by atoms with E-state index in [1.807, 2.05) is 38.1 Å². The number of nitrogens with zero attached hydrogens (tertiary/aromatic N) is 2. The number of benzene rings is 1. The SMILES string of the molecule is COc1ccc(-c2nc3cccc(C)n3c2C(C)C(N)=S)cc1C. The monoisotopic (exact) mass is 339 g/mol. The number of ether oxygens (including phenoxy) is 1. The summed E-state index contributed by atoms with van der Waals surface area (Å²) >= 11 is 5.26. The van der Waals surface area contributed by atoms with Gasteiger partial charge in [-0.15, -0.1) is 0 Å². The second-order valence-electron chi connectivity index (χ2n) is 6.01. The van der Waals surface area contributed by atoms with Crippen LogP contribution in [0.1, 0.15) is 29.8 Å². The number of nitrogens with two attached hydrogens (primary N) is 1. The van der Waals surface area contributed by atoms with Gasteiger partial charge >= 0.3 is 0 Å². The lowest BCUT2D eigenvalue weighted by Crippen LogP contribution is -2.19. The lowest BCUT2D eigenvalue weighted by Gasteiger charge is -2.14. The summed E-state index contributed by atoms with van der Waals surface area (Å²) in [7, 11) is 1.68. The van der Waals surface area contributed by atoms with Crippen molar-refractivity contribution < 1.29 is 4.74 Å². The molecule has 0 fully saturated rings. The molecule has 1 atom stereocenters. The standard InChI is InChI=1S/C19H21N3OS/c1-11-10-14(8-9-15(11)23-4)17-18(13(3)19(20)24)22-12(2)6-5-7-16(22)21-17/h5-10,13H,1-4H3,(H2,20,24). The van der Waals surface area contributed by atoms with E-state index < -0.39 is 0 Å². The maximum atomic E-state index is 5.96. The van der Waals surface area contributed by atoms with Crippen molar-refractivity contribution in [2.45, 2.75) is 26.7 Å². The second kappa shape index (κ2) is 6.24. The molecule has 1 unspecified atom stereocenters. The molecule has 0 saturated heterocycles. The van der Waals surface area contributed by atoms with Crippen molar-refractivity contribution in [1.29, 1.82) is 0 Å². The fourth-order valence-electron chi connectivity index (χ4n) is 3.05. The van der Waals surface area contributed by atoms with E-state index in [4.69, 9.17) is 27.7 Å². The molecule has 24 heavy (non-hydrogen) atoms. The highest BCUT2D eigenvalue weighted by atomic mass is 32.1. The summed E-state index contributed by atoms with van der Waals surface area (Å²) in [6.07, 6.45) is 0. The molecular weight excluding hydrogens is 318 g/mol. The lowest BCUT2D eigenvalue weighted by atomic mass is 10.00. The van der Waals surface area contributed by atoms with Crippen LogP contribution < -0.4 is 10.5 Å². The van der Waals surface area contributed by atoms with Gasteiger partial charge in [-0.05, 0) is 49.7 Å². The number of hydrogen-bond acceptors (Lipinski definition) is 3. The van der Waals surface area contributed by atoms with Gasteiger partial charge in [0, 0.05) is 17.2 Å². The second-order valence-corrected chi connectivity index (χ2v) is 6.49. The van der Waals surface area contributed by atoms with Crippen molar-refractivity contribution in [2.75, 3.05) is 7.11 Å². The Kier molecular flexibility index (Phi) is 4.28. The number of thiocarbonyl (C=S) groups is 1. The third kappa shape index (κ3) is 2.65. The molecule has 0 radical (unpaired) electrons. The zero-order valence-electron chi connectivity index (χ0n) is 14.3. The van der Waals surface area contributed by atoms with E-state index >= 15 is 0 Å². The molecule has 3 aromatic rings. The van der Waals surface area contributed by atoms with Gasteiger partial charge in [0.05, 0.1) is 23.5 Å². The number of imidazole rings is 1. The molecule has 0 aliphatic heterocycles. The zero-order chi connectivity index (χ0) is 17.4. The Morgan fingerprint density at radius 1 is 1.25 bits per heavy atom. The first kappa shape index (κ1) is 16.5. The average Bonchev–Trinajstić information content (AvgIpc) is 2.94. The van der Waals surface area contributed by atoms with Crippen LogP contribution in [0.5, 0.6) is 5.75 Å². The normalized spacial score (nSPS) is 12.3. The Labute approximate surface area is 147 Å². The third-order valence-electron chi connectivity index (χ3n) is 4.38. The van der Waals surface area contributed by atoms with Crippen LogP contribution in [0, 0.1) is 13.8 Å². The van der Waals surface area contributed by atoms with Gasteiger partial charge in [0.25, 0.3) is 0 Å². The van der Waals surface area contributed by atoms with Crippen molar-refractivity contribution >= 4 is 22.9 Å². The van der Waals surface area contributed by atoms with Gasteiger partial charge in [0.1, 0.15) is 11.4 Å². The summed E-state index contributed by atoms with van der Waals surface area (Å²) in [5.74, 6) is 0.788. The Morgan fingerprint density at radius 3 is 2.62 bits per heavy atom. The molecule has 124 valence electrons. The minimum Gasteiger partial charge on any atom is -0.496 e. The molecule has 3 rings (SSSR count). The summed E-state index contributed by atoms with van der Waals surface area (Å²) in [6, 6.07) is 12.2. The molecule has 0 bridgehead atoms. The van der Waals surface area contributed by atoms with Crippen molar-refractivity contribution in [3.05, 3.63) is 53.3 Å². The molecule has 1 aromatic carbocycles. The molecule has 0 amide bonds. The Bertz CT molecular complexity index is 930. The van der Waals surface area contributed by atoms with Gasteiger partial charge in [-0.3, -0.25) is 4.40 Å². The van der Waals surface area contributed by atoms with E-state index in [0.29, 0.717) is 4.99 Å². The molecule has 0 spiro atoms. The molecule has 0 aliphatic carbocycles.